The number of benzene rings is 1. The first kappa shape index (κ1) is 23.5. The Kier molecular flexibility index (Phi) is 7.85. The molecule has 1 aliphatic rings. The summed E-state index contributed by atoms with van der Waals surface area (Å²) in [5.74, 6) is 1.35. The summed E-state index contributed by atoms with van der Waals surface area (Å²) in [6.07, 6.45) is 1.01. The number of pyridine rings is 1. The molecule has 33 heavy (non-hydrogen) atoms. The Morgan fingerprint density at radius 2 is 1.97 bits per heavy atom. The monoisotopic (exact) mass is 486 g/mol. The number of ether oxygens (including phenoxy) is 2. The number of thiocarbonyl (C=S) groups is 1. The molecule has 0 radical (unpaired) electrons. The first-order valence-electron chi connectivity index (χ1n) is 11.3. The van der Waals surface area contributed by atoms with Gasteiger partial charge in [-0.25, -0.2) is 0 Å². The van der Waals surface area contributed by atoms with E-state index in [0.29, 0.717) is 35.3 Å². The molecule has 0 fully saturated rings. The van der Waals surface area contributed by atoms with Crippen molar-refractivity contribution in [3.63, 3.8) is 0 Å². The average molecular weight is 487 g/mol. The van der Waals surface area contributed by atoms with Gasteiger partial charge in [-0.2, -0.15) is 0 Å². The number of H-pyrrole nitrogens is 1. The predicted octanol–water partition coefficient (Wildman–Crippen LogP) is 3.93. The minimum atomic E-state index is -0.123. The number of thiophene rings is 1. The van der Waals surface area contributed by atoms with Gasteiger partial charge in [-0.1, -0.05) is 19.9 Å². The van der Waals surface area contributed by atoms with Crippen molar-refractivity contribution in [1.82, 2.24) is 20.1 Å². The van der Waals surface area contributed by atoms with E-state index in [2.05, 4.69) is 45.4 Å². The highest BCUT2D eigenvalue weighted by atomic mass is 32.1. The van der Waals surface area contributed by atoms with Gasteiger partial charge in [0.1, 0.15) is 0 Å². The number of aromatic nitrogens is 1. The molecule has 0 aliphatic carbocycles. The van der Waals surface area contributed by atoms with Crippen molar-refractivity contribution in [2.75, 3.05) is 33.0 Å². The lowest BCUT2D eigenvalue weighted by molar-refractivity contribution is 0.174. The van der Waals surface area contributed by atoms with Gasteiger partial charge in [-0.3, -0.25) is 4.79 Å². The van der Waals surface area contributed by atoms with Crippen LogP contribution in [0.3, 0.4) is 0 Å². The molecule has 0 saturated heterocycles. The Morgan fingerprint density at radius 3 is 2.70 bits per heavy atom. The molecule has 0 atom stereocenters. The van der Waals surface area contributed by atoms with E-state index in [1.807, 2.05) is 24.3 Å². The molecular formula is C24H30N4O3S2. The standard InChI is InChI=1S/C24H30N4O3S2/c1-3-27(4-2)9-6-8-25-24(32)28(15-19-7-5-10-33-19)14-18-11-17-12-21-22(31-16-30-21)13-20(17)26-23(18)29/h5,7,10-13H,3-4,6,8-9,14-16H2,1-2H3,(H,25,32)(H,26,29). The van der Waals surface area contributed by atoms with E-state index in [-0.39, 0.29) is 12.4 Å². The number of rotatable bonds is 10. The van der Waals surface area contributed by atoms with E-state index in [1.54, 1.807) is 11.3 Å². The summed E-state index contributed by atoms with van der Waals surface area (Å²) in [6, 6.07) is 9.76. The summed E-state index contributed by atoms with van der Waals surface area (Å²) in [5, 5.41) is 7.02. The van der Waals surface area contributed by atoms with E-state index < -0.39 is 0 Å². The smallest absolute Gasteiger partial charge is 0.253 e. The fourth-order valence-electron chi connectivity index (χ4n) is 3.90. The van der Waals surface area contributed by atoms with Crippen LogP contribution in [-0.2, 0) is 13.1 Å². The second kappa shape index (κ2) is 11.0. The van der Waals surface area contributed by atoms with E-state index >= 15 is 0 Å². The molecule has 9 heteroatoms. The Balaban J connectivity index is 1.49. The molecule has 0 spiro atoms. The molecule has 0 bridgehead atoms. The molecule has 7 nitrogen and oxygen atoms in total. The fourth-order valence-corrected chi connectivity index (χ4v) is 4.85. The molecule has 4 rings (SSSR count). The zero-order chi connectivity index (χ0) is 23.2. The lowest BCUT2D eigenvalue weighted by Crippen LogP contribution is -2.40. The highest BCUT2D eigenvalue weighted by molar-refractivity contribution is 7.80. The van der Waals surface area contributed by atoms with Gasteiger partial charge in [0.15, 0.2) is 16.6 Å². The SMILES string of the molecule is CCN(CC)CCCNC(=S)N(Cc1cccs1)Cc1cc2cc3c(cc2[nH]c1=O)OCO3. The molecule has 0 saturated carbocycles. The molecule has 176 valence electrons. The van der Waals surface area contributed by atoms with Crippen LogP contribution in [0, 0.1) is 0 Å². The van der Waals surface area contributed by atoms with E-state index in [9.17, 15) is 4.79 Å². The van der Waals surface area contributed by atoms with Gasteiger partial charge in [0, 0.05) is 28.4 Å². The summed E-state index contributed by atoms with van der Waals surface area (Å²) in [6.45, 7) is 9.57. The van der Waals surface area contributed by atoms with Crippen LogP contribution in [0.2, 0.25) is 0 Å². The predicted molar refractivity (Wildman–Crippen MR) is 137 cm³/mol. The minimum absolute atomic E-state index is 0.123. The van der Waals surface area contributed by atoms with Crippen molar-refractivity contribution in [3.05, 3.63) is 56.5 Å². The van der Waals surface area contributed by atoms with Gasteiger partial charge in [-0.05, 0) is 61.9 Å². The number of nitrogens with one attached hydrogen (secondary N) is 2. The van der Waals surface area contributed by atoms with Gasteiger partial charge in [0.25, 0.3) is 5.56 Å². The van der Waals surface area contributed by atoms with E-state index in [1.165, 1.54) is 4.88 Å². The molecule has 2 N–H and O–H groups in total. The Hall–Kier alpha value is -2.62. The van der Waals surface area contributed by atoms with Crippen molar-refractivity contribution < 1.29 is 9.47 Å². The Bertz CT molecular complexity index is 1140. The highest BCUT2D eigenvalue weighted by Gasteiger charge is 2.18. The van der Waals surface area contributed by atoms with Crippen molar-refractivity contribution in [2.45, 2.75) is 33.4 Å². The van der Waals surface area contributed by atoms with Crippen LogP contribution >= 0.6 is 23.6 Å². The number of hydrogen-bond acceptors (Lipinski definition) is 6. The van der Waals surface area contributed by atoms with Crippen molar-refractivity contribution in [2.24, 2.45) is 0 Å². The molecule has 0 unspecified atom stereocenters. The van der Waals surface area contributed by atoms with Crippen LogP contribution < -0.4 is 20.3 Å². The summed E-state index contributed by atoms with van der Waals surface area (Å²) in [7, 11) is 0. The van der Waals surface area contributed by atoms with E-state index in [0.717, 1.165) is 43.5 Å². The molecule has 2 aromatic heterocycles. The van der Waals surface area contributed by atoms with Crippen molar-refractivity contribution >= 4 is 39.6 Å². The van der Waals surface area contributed by atoms with Crippen LogP contribution in [0.4, 0.5) is 0 Å². The minimum Gasteiger partial charge on any atom is -0.454 e. The van der Waals surface area contributed by atoms with Gasteiger partial charge >= 0.3 is 0 Å². The summed E-state index contributed by atoms with van der Waals surface area (Å²) < 4.78 is 10.9. The molecule has 1 aliphatic heterocycles. The van der Waals surface area contributed by atoms with Crippen LogP contribution in [0.15, 0.2) is 40.5 Å². The molecule has 3 aromatic rings. The first-order valence-corrected chi connectivity index (χ1v) is 12.6. The Morgan fingerprint density at radius 1 is 1.18 bits per heavy atom. The summed E-state index contributed by atoms with van der Waals surface area (Å²) in [4.78, 5) is 21.5. The van der Waals surface area contributed by atoms with Gasteiger partial charge < -0.3 is 29.6 Å². The number of aromatic amines is 1. The third-order valence-electron chi connectivity index (χ3n) is 5.81. The maximum absolute atomic E-state index is 12.9. The number of hydrogen-bond donors (Lipinski definition) is 2. The maximum Gasteiger partial charge on any atom is 0.253 e. The maximum atomic E-state index is 12.9. The zero-order valence-corrected chi connectivity index (χ0v) is 20.7. The number of nitrogens with zero attached hydrogens (tertiary/aromatic N) is 2. The van der Waals surface area contributed by atoms with Crippen molar-refractivity contribution in [1.29, 1.82) is 0 Å². The van der Waals surface area contributed by atoms with E-state index in [4.69, 9.17) is 21.7 Å². The summed E-state index contributed by atoms with van der Waals surface area (Å²) >= 11 is 7.43. The first-order chi connectivity index (χ1) is 16.1. The molecule has 0 amide bonds. The topological polar surface area (TPSA) is 69.8 Å². The summed E-state index contributed by atoms with van der Waals surface area (Å²) in [5.41, 5.74) is 1.27. The van der Waals surface area contributed by atoms with Crippen LogP contribution in [0.25, 0.3) is 10.9 Å². The quantitative estimate of drug-likeness (QED) is 0.332. The largest absolute Gasteiger partial charge is 0.454 e. The van der Waals surface area contributed by atoms with Crippen molar-refractivity contribution in [3.8, 4) is 11.5 Å². The third kappa shape index (κ3) is 5.85. The van der Waals surface area contributed by atoms with Gasteiger partial charge in [-0.15, -0.1) is 11.3 Å². The van der Waals surface area contributed by atoms with Crippen LogP contribution in [-0.4, -0.2) is 52.9 Å². The fraction of sp³-hybridized carbons (Fsp3) is 0.417. The average Bonchev–Trinajstić information content (AvgIpc) is 3.49. The van der Waals surface area contributed by atoms with Gasteiger partial charge in [0.2, 0.25) is 6.79 Å². The van der Waals surface area contributed by atoms with Crippen LogP contribution in [0.1, 0.15) is 30.7 Å². The second-order valence-electron chi connectivity index (χ2n) is 7.96. The lowest BCUT2D eigenvalue weighted by atomic mass is 10.1. The third-order valence-corrected chi connectivity index (χ3v) is 7.07. The molecule has 3 heterocycles. The highest BCUT2D eigenvalue weighted by Crippen LogP contribution is 2.35. The molecule has 1 aromatic carbocycles. The van der Waals surface area contributed by atoms with Gasteiger partial charge in [0.05, 0.1) is 18.6 Å². The molecular weight excluding hydrogens is 456 g/mol. The second-order valence-corrected chi connectivity index (χ2v) is 9.38. The Labute approximate surface area is 203 Å². The zero-order valence-electron chi connectivity index (χ0n) is 19.1. The lowest BCUT2D eigenvalue weighted by Gasteiger charge is -2.26. The van der Waals surface area contributed by atoms with Crippen LogP contribution in [0.5, 0.6) is 11.5 Å². The normalized spacial score (nSPS) is 12.5. The number of fused-ring (bicyclic) bond motifs is 2.